The van der Waals surface area contributed by atoms with Crippen molar-refractivity contribution in [1.29, 1.82) is 0 Å². The second-order valence-electron chi connectivity index (χ2n) is 9.97. The third-order valence-electron chi connectivity index (χ3n) is 7.32. The molecule has 1 fully saturated rings. The average Bonchev–Trinajstić information content (AvgIpc) is 3.53. The number of fused-ring (bicyclic) bond motifs is 3. The Morgan fingerprint density at radius 1 is 0.976 bits per heavy atom. The molecule has 0 atom stereocenters. The molecule has 0 radical (unpaired) electrons. The smallest absolute Gasteiger partial charge is 0.353 e. The number of nitrogens with two attached hydrogens (primary N) is 1. The van der Waals surface area contributed by atoms with Gasteiger partial charge in [0.15, 0.2) is 11.3 Å². The van der Waals surface area contributed by atoms with Gasteiger partial charge in [-0.25, -0.2) is 18.6 Å². The number of hydrogen-bond donors (Lipinski definition) is 1. The largest absolute Gasteiger partial charge is 0.491 e. The molecule has 2 aromatic carbocycles. The molecule has 1 aliphatic rings. The minimum absolute atomic E-state index is 0.0836. The predicted octanol–water partition coefficient (Wildman–Crippen LogP) is 2.37. The number of rotatable bonds is 10. The number of anilines is 2. The summed E-state index contributed by atoms with van der Waals surface area (Å²) in [5, 5.41) is 10.4. The molecule has 2 N–H and O–H groups in total. The van der Waals surface area contributed by atoms with Crippen LogP contribution in [-0.4, -0.2) is 86.9 Å². The van der Waals surface area contributed by atoms with Crippen molar-refractivity contribution in [3.8, 4) is 5.75 Å². The first-order valence-corrected chi connectivity index (χ1v) is 13.9. The number of nitrogens with zero attached hydrogens (tertiary/aromatic N) is 8. The highest BCUT2D eigenvalue weighted by atomic mass is 35.5. The Balaban J connectivity index is 1.10. The maximum absolute atomic E-state index is 13.1. The predicted molar refractivity (Wildman–Crippen MR) is 158 cm³/mol. The lowest BCUT2D eigenvalue weighted by molar-refractivity contribution is 0.146. The Labute approximate surface area is 241 Å². The number of methoxy groups -OCH3 is 1. The van der Waals surface area contributed by atoms with Crippen molar-refractivity contribution in [2.24, 2.45) is 0 Å². The van der Waals surface area contributed by atoms with Gasteiger partial charge in [0.1, 0.15) is 12.4 Å². The molecular weight excluding hydrogens is 546 g/mol. The second kappa shape index (κ2) is 11.8. The van der Waals surface area contributed by atoms with Crippen LogP contribution in [0.2, 0.25) is 5.02 Å². The molecular formula is C28H32ClN9O3. The standard InChI is InChI=1S/C28H32ClN9O3/c1-40-15-16-41-23-7-5-22(6-8-23)35-12-9-34(10-13-35)11-14-36-25-24(18-31-36)26-33-37(28(39)38(26)27(30)32-25)19-20-3-2-4-21(29)17-20/h2-8,17-18H,9-16,19H2,1H3,(H2,30,32). The van der Waals surface area contributed by atoms with E-state index in [0.717, 1.165) is 44.0 Å². The quantitative estimate of drug-likeness (QED) is 0.249. The molecule has 1 saturated heterocycles. The first-order chi connectivity index (χ1) is 20.0. The first-order valence-electron chi connectivity index (χ1n) is 13.5. The normalized spacial score (nSPS) is 14.3. The third kappa shape index (κ3) is 5.71. The number of nitrogen functional groups attached to an aromatic ring is 1. The summed E-state index contributed by atoms with van der Waals surface area (Å²) in [6.07, 6.45) is 1.70. The fourth-order valence-electron chi connectivity index (χ4n) is 5.14. The van der Waals surface area contributed by atoms with E-state index in [1.165, 1.54) is 14.8 Å². The van der Waals surface area contributed by atoms with Gasteiger partial charge in [0.2, 0.25) is 5.95 Å². The van der Waals surface area contributed by atoms with Crippen LogP contribution in [-0.2, 0) is 17.8 Å². The lowest BCUT2D eigenvalue weighted by Gasteiger charge is -2.36. The van der Waals surface area contributed by atoms with Crippen molar-refractivity contribution in [1.82, 2.24) is 33.8 Å². The average molecular weight is 578 g/mol. The molecule has 3 aromatic heterocycles. The molecule has 0 saturated carbocycles. The summed E-state index contributed by atoms with van der Waals surface area (Å²) in [5.74, 6) is 0.931. The number of benzene rings is 2. The van der Waals surface area contributed by atoms with Gasteiger partial charge in [-0.3, -0.25) is 4.90 Å². The van der Waals surface area contributed by atoms with Gasteiger partial charge >= 0.3 is 5.69 Å². The monoisotopic (exact) mass is 577 g/mol. The Morgan fingerprint density at radius 3 is 2.54 bits per heavy atom. The van der Waals surface area contributed by atoms with Gasteiger partial charge in [-0.05, 0) is 42.0 Å². The minimum atomic E-state index is -0.356. The maximum atomic E-state index is 13.1. The van der Waals surface area contributed by atoms with Crippen LogP contribution in [0.5, 0.6) is 5.75 Å². The van der Waals surface area contributed by atoms with E-state index >= 15 is 0 Å². The van der Waals surface area contributed by atoms with Gasteiger partial charge < -0.3 is 20.1 Å². The summed E-state index contributed by atoms with van der Waals surface area (Å²) < 4.78 is 15.2. The highest BCUT2D eigenvalue weighted by molar-refractivity contribution is 6.30. The highest BCUT2D eigenvalue weighted by Gasteiger charge is 2.20. The van der Waals surface area contributed by atoms with Crippen LogP contribution >= 0.6 is 11.6 Å². The molecule has 41 heavy (non-hydrogen) atoms. The van der Waals surface area contributed by atoms with Crippen molar-refractivity contribution in [2.45, 2.75) is 13.1 Å². The lowest BCUT2D eigenvalue weighted by Crippen LogP contribution is -2.47. The molecule has 0 bridgehead atoms. The van der Waals surface area contributed by atoms with Crippen LogP contribution in [0.1, 0.15) is 5.56 Å². The summed E-state index contributed by atoms with van der Waals surface area (Å²) in [4.78, 5) is 22.4. The zero-order valence-electron chi connectivity index (χ0n) is 22.8. The third-order valence-corrected chi connectivity index (χ3v) is 7.56. The molecule has 6 rings (SSSR count). The van der Waals surface area contributed by atoms with Gasteiger partial charge in [-0.2, -0.15) is 10.1 Å². The molecule has 0 amide bonds. The molecule has 0 unspecified atom stereocenters. The van der Waals surface area contributed by atoms with Crippen LogP contribution in [0.15, 0.2) is 59.5 Å². The van der Waals surface area contributed by atoms with Gasteiger partial charge in [0.25, 0.3) is 0 Å². The zero-order valence-corrected chi connectivity index (χ0v) is 23.6. The van der Waals surface area contributed by atoms with Gasteiger partial charge in [0, 0.05) is 50.5 Å². The Kier molecular flexibility index (Phi) is 7.77. The van der Waals surface area contributed by atoms with E-state index in [1.807, 2.05) is 35.0 Å². The maximum Gasteiger partial charge on any atom is 0.353 e. The van der Waals surface area contributed by atoms with Crippen molar-refractivity contribution < 1.29 is 9.47 Å². The van der Waals surface area contributed by atoms with Crippen molar-refractivity contribution >= 4 is 39.9 Å². The van der Waals surface area contributed by atoms with Crippen molar-refractivity contribution in [3.63, 3.8) is 0 Å². The zero-order chi connectivity index (χ0) is 28.3. The number of halogens is 1. The van der Waals surface area contributed by atoms with Crippen molar-refractivity contribution in [2.75, 3.05) is 63.7 Å². The Morgan fingerprint density at radius 2 is 1.78 bits per heavy atom. The Hall–Kier alpha value is -4.13. The summed E-state index contributed by atoms with van der Waals surface area (Å²) in [6.45, 7) is 6.59. The fourth-order valence-corrected chi connectivity index (χ4v) is 5.35. The Bertz CT molecular complexity index is 1710. The minimum Gasteiger partial charge on any atom is -0.491 e. The molecule has 214 valence electrons. The van der Waals surface area contributed by atoms with Gasteiger partial charge in [0.05, 0.1) is 31.3 Å². The summed E-state index contributed by atoms with van der Waals surface area (Å²) in [5.41, 5.74) is 8.99. The molecule has 12 nitrogen and oxygen atoms in total. The first kappa shape index (κ1) is 27.1. The van der Waals surface area contributed by atoms with Gasteiger partial charge in [-0.1, -0.05) is 23.7 Å². The van der Waals surface area contributed by atoms with E-state index in [-0.39, 0.29) is 18.2 Å². The van der Waals surface area contributed by atoms with Crippen molar-refractivity contribution in [3.05, 3.63) is 75.8 Å². The van der Waals surface area contributed by atoms with E-state index in [1.54, 1.807) is 19.4 Å². The van der Waals surface area contributed by atoms with E-state index in [4.69, 9.17) is 26.8 Å². The summed E-state index contributed by atoms with van der Waals surface area (Å²) in [6, 6.07) is 15.6. The molecule has 4 heterocycles. The molecule has 5 aromatic rings. The molecule has 0 spiro atoms. The SMILES string of the molecule is COCCOc1ccc(N2CCN(CCn3ncc4c3nc(N)n3c(=O)n(Cc5cccc(Cl)c5)nc43)CC2)cc1. The topological polar surface area (TPSA) is 121 Å². The molecule has 0 aliphatic carbocycles. The van der Waals surface area contributed by atoms with E-state index in [9.17, 15) is 4.79 Å². The number of ether oxygens (including phenoxy) is 2. The summed E-state index contributed by atoms with van der Waals surface area (Å²) in [7, 11) is 1.66. The number of piperazine rings is 1. The van der Waals surface area contributed by atoms with Gasteiger partial charge in [-0.15, -0.1) is 5.10 Å². The van der Waals surface area contributed by atoms with Crippen LogP contribution in [0.25, 0.3) is 16.7 Å². The highest BCUT2D eigenvalue weighted by Crippen LogP contribution is 2.22. The number of hydrogen-bond acceptors (Lipinski definition) is 9. The second-order valence-corrected chi connectivity index (χ2v) is 10.4. The van der Waals surface area contributed by atoms with E-state index in [0.29, 0.717) is 41.5 Å². The van der Waals surface area contributed by atoms with E-state index in [2.05, 4.69) is 37.1 Å². The summed E-state index contributed by atoms with van der Waals surface area (Å²) >= 11 is 6.11. The van der Waals surface area contributed by atoms with Crippen LogP contribution in [0.3, 0.4) is 0 Å². The van der Waals surface area contributed by atoms with E-state index < -0.39 is 0 Å². The lowest BCUT2D eigenvalue weighted by atomic mass is 10.2. The number of aromatic nitrogens is 6. The van der Waals surface area contributed by atoms with Crippen LogP contribution in [0, 0.1) is 0 Å². The van der Waals surface area contributed by atoms with Crippen LogP contribution in [0.4, 0.5) is 11.6 Å². The van der Waals surface area contributed by atoms with Crippen LogP contribution < -0.4 is 21.1 Å². The molecule has 13 heteroatoms. The fraction of sp³-hybridized carbons (Fsp3) is 0.357. The molecule has 1 aliphatic heterocycles.